The Morgan fingerprint density at radius 1 is 1.12 bits per heavy atom. The van der Waals surface area contributed by atoms with Gasteiger partial charge in [-0.2, -0.15) is 0 Å². The van der Waals surface area contributed by atoms with E-state index in [1.165, 1.54) is 0 Å². The number of hydrogen-bond acceptors (Lipinski definition) is 4. The van der Waals surface area contributed by atoms with Crippen LogP contribution in [0.2, 0.25) is 0 Å². The molecular weight excluding hydrogens is 272 g/mol. The molecule has 102 valence electrons. The maximum atomic E-state index is 11.2. The minimum Gasteiger partial charge on any atom is -0.379 e. The topological polar surface area (TPSA) is 128 Å². The van der Waals surface area contributed by atoms with Gasteiger partial charge >= 0.3 is 15.2 Å². The standard InChI is InChI=1S/C7H17NO7P2/c9-16(10,11)6-7(17(12,13)14)5-8-1-3-15-4-2-8/h7H,1-6H2,(H2,9,10,11)(H2,12,13,14)/t7-/m0/s1. The van der Waals surface area contributed by atoms with Gasteiger partial charge in [-0.25, -0.2) is 0 Å². The molecule has 10 heteroatoms. The molecular formula is C7H17NO7P2. The Labute approximate surface area is 98.9 Å². The fourth-order valence-electron chi connectivity index (χ4n) is 1.63. The quantitative estimate of drug-likeness (QED) is 0.477. The minimum absolute atomic E-state index is 0.0290. The maximum Gasteiger partial charge on any atom is 0.330 e. The van der Waals surface area contributed by atoms with Crippen molar-refractivity contribution in [1.29, 1.82) is 0 Å². The molecule has 1 fully saturated rings. The lowest BCUT2D eigenvalue weighted by Gasteiger charge is -2.30. The molecule has 0 aromatic carbocycles. The number of nitrogens with zero attached hydrogens (tertiary/aromatic N) is 1. The summed E-state index contributed by atoms with van der Waals surface area (Å²) in [7, 11) is -8.95. The molecule has 17 heavy (non-hydrogen) atoms. The summed E-state index contributed by atoms with van der Waals surface area (Å²) >= 11 is 0. The van der Waals surface area contributed by atoms with Crippen molar-refractivity contribution in [2.75, 3.05) is 39.0 Å². The van der Waals surface area contributed by atoms with Crippen LogP contribution in [0.15, 0.2) is 0 Å². The lowest BCUT2D eigenvalue weighted by Crippen LogP contribution is -2.41. The SMILES string of the molecule is O=P(O)(O)C[C@H](CN1CCOCC1)P(=O)(O)O. The molecule has 0 aromatic heterocycles. The van der Waals surface area contributed by atoms with E-state index in [4.69, 9.17) is 24.3 Å². The summed E-state index contributed by atoms with van der Waals surface area (Å²) in [4.78, 5) is 37.5. The highest BCUT2D eigenvalue weighted by Crippen LogP contribution is 2.49. The van der Waals surface area contributed by atoms with Crippen LogP contribution in [-0.4, -0.2) is 69.1 Å². The molecule has 1 atom stereocenters. The van der Waals surface area contributed by atoms with Crippen molar-refractivity contribution < 1.29 is 33.4 Å². The van der Waals surface area contributed by atoms with Crippen LogP contribution in [0.3, 0.4) is 0 Å². The van der Waals surface area contributed by atoms with Crippen molar-refractivity contribution in [1.82, 2.24) is 4.90 Å². The van der Waals surface area contributed by atoms with Crippen LogP contribution in [-0.2, 0) is 13.9 Å². The molecule has 0 aliphatic carbocycles. The van der Waals surface area contributed by atoms with Crippen LogP contribution in [0.1, 0.15) is 0 Å². The van der Waals surface area contributed by atoms with Crippen molar-refractivity contribution in [2.45, 2.75) is 5.66 Å². The van der Waals surface area contributed by atoms with Gasteiger partial charge in [-0.15, -0.1) is 0 Å². The van der Waals surface area contributed by atoms with Gasteiger partial charge in [0.2, 0.25) is 0 Å². The normalized spacial score (nSPS) is 21.4. The van der Waals surface area contributed by atoms with Crippen LogP contribution < -0.4 is 0 Å². The van der Waals surface area contributed by atoms with E-state index in [1.54, 1.807) is 4.90 Å². The van der Waals surface area contributed by atoms with Crippen LogP contribution in [0.4, 0.5) is 0 Å². The van der Waals surface area contributed by atoms with Gasteiger partial charge in [-0.3, -0.25) is 14.0 Å². The summed E-state index contributed by atoms with van der Waals surface area (Å²) in [5.41, 5.74) is -1.33. The average molecular weight is 289 g/mol. The van der Waals surface area contributed by atoms with Crippen molar-refractivity contribution in [3.8, 4) is 0 Å². The number of hydrogen-bond donors (Lipinski definition) is 4. The molecule has 1 heterocycles. The average Bonchev–Trinajstić information content (AvgIpc) is 2.15. The first-order chi connectivity index (χ1) is 7.68. The molecule has 1 rings (SSSR count). The Kier molecular flexibility index (Phi) is 5.31. The van der Waals surface area contributed by atoms with Gasteiger partial charge in [0, 0.05) is 19.6 Å². The van der Waals surface area contributed by atoms with E-state index in [0.29, 0.717) is 26.3 Å². The van der Waals surface area contributed by atoms with Gasteiger partial charge in [0.15, 0.2) is 0 Å². The second kappa shape index (κ2) is 5.91. The predicted octanol–water partition coefficient (Wildman–Crippen LogP) is -0.957. The highest BCUT2D eigenvalue weighted by Gasteiger charge is 2.36. The van der Waals surface area contributed by atoms with E-state index in [2.05, 4.69) is 0 Å². The summed E-state index contributed by atoms with van der Waals surface area (Å²) in [5, 5.41) is 0. The Morgan fingerprint density at radius 3 is 2.06 bits per heavy atom. The molecule has 0 amide bonds. The third-order valence-corrected chi connectivity index (χ3v) is 5.00. The Morgan fingerprint density at radius 2 is 1.65 bits per heavy atom. The zero-order chi connectivity index (χ0) is 13.1. The molecule has 0 aromatic rings. The van der Waals surface area contributed by atoms with E-state index in [0.717, 1.165) is 0 Å². The second-order valence-corrected chi connectivity index (χ2v) is 7.61. The summed E-state index contributed by atoms with van der Waals surface area (Å²) in [6, 6.07) is 0. The molecule has 0 saturated carbocycles. The maximum absolute atomic E-state index is 11.2. The lowest BCUT2D eigenvalue weighted by molar-refractivity contribution is 0.0375. The third kappa shape index (κ3) is 6.08. The monoisotopic (exact) mass is 289 g/mol. The molecule has 0 radical (unpaired) electrons. The summed E-state index contributed by atoms with van der Waals surface area (Å²) in [5.74, 6) is 0. The van der Waals surface area contributed by atoms with Gasteiger partial charge in [0.05, 0.1) is 25.0 Å². The summed E-state index contributed by atoms with van der Waals surface area (Å²) in [6.07, 6.45) is -0.797. The number of rotatable bonds is 5. The van der Waals surface area contributed by atoms with E-state index in [1.807, 2.05) is 0 Å². The molecule has 0 bridgehead atoms. The van der Waals surface area contributed by atoms with E-state index < -0.39 is 27.0 Å². The highest BCUT2D eigenvalue weighted by atomic mass is 31.2. The molecule has 0 spiro atoms. The number of morpholine rings is 1. The van der Waals surface area contributed by atoms with Crippen LogP contribution in [0.5, 0.6) is 0 Å². The van der Waals surface area contributed by atoms with E-state index in [9.17, 15) is 9.13 Å². The Hall–Kier alpha value is 0.220. The molecule has 1 saturated heterocycles. The molecule has 1 aliphatic rings. The zero-order valence-corrected chi connectivity index (χ0v) is 11.0. The van der Waals surface area contributed by atoms with Gasteiger partial charge in [-0.1, -0.05) is 0 Å². The highest BCUT2D eigenvalue weighted by molar-refractivity contribution is 7.56. The second-order valence-electron chi connectivity index (χ2n) is 4.00. The first-order valence-corrected chi connectivity index (χ1v) is 8.56. The van der Waals surface area contributed by atoms with Crippen molar-refractivity contribution in [2.24, 2.45) is 0 Å². The fourth-order valence-corrected chi connectivity index (χ4v) is 4.22. The van der Waals surface area contributed by atoms with Crippen molar-refractivity contribution >= 4 is 15.2 Å². The van der Waals surface area contributed by atoms with Crippen molar-refractivity contribution in [3.63, 3.8) is 0 Å². The molecule has 4 N–H and O–H groups in total. The molecule has 0 unspecified atom stereocenters. The smallest absolute Gasteiger partial charge is 0.330 e. The largest absolute Gasteiger partial charge is 0.379 e. The Balaban J connectivity index is 2.63. The zero-order valence-electron chi connectivity index (χ0n) is 9.18. The first-order valence-electron chi connectivity index (χ1n) is 5.08. The summed E-state index contributed by atoms with van der Waals surface area (Å²) < 4.78 is 27.1. The van der Waals surface area contributed by atoms with Gasteiger partial charge in [-0.05, 0) is 0 Å². The van der Waals surface area contributed by atoms with Gasteiger partial charge in [0.25, 0.3) is 0 Å². The lowest BCUT2D eigenvalue weighted by atomic mass is 10.3. The van der Waals surface area contributed by atoms with Crippen LogP contribution in [0, 0.1) is 0 Å². The van der Waals surface area contributed by atoms with Crippen LogP contribution in [0.25, 0.3) is 0 Å². The summed E-state index contributed by atoms with van der Waals surface area (Å²) in [6.45, 7) is 1.92. The van der Waals surface area contributed by atoms with E-state index >= 15 is 0 Å². The third-order valence-electron chi connectivity index (χ3n) is 2.50. The fraction of sp³-hybridized carbons (Fsp3) is 1.00. The number of ether oxygens (including phenoxy) is 1. The van der Waals surface area contributed by atoms with Crippen molar-refractivity contribution in [3.05, 3.63) is 0 Å². The van der Waals surface area contributed by atoms with Crippen LogP contribution >= 0.6 is 15.2 Å². The van der Waals surface area contributed by atoms with Gasteiger partial charge in [0.1, 0.15) is 0 Å². The predicted molar refractivity (Wildman–Crippen MR) is 60.0 cm³/mol. The van der Waals surface area contributed by atoms with Gasteiger partial charge < -0.3 is 24.3 Å². The first kappa shape index (κ1) is 15.3. The van der Waals surface area contributed by atoms with E-state index in [-0.39, 0.29) is 6.54 Å². The molecule has 8 nitrogen and oxygen atoms in total. The minimum atomic E-state index is -4.51. The molecule has 1 aliphatic heterocycles. The Bertz CT molecular complexity index is 331.